The first kappa shape index (κ1) is 40.1. The van der Waals surface area contributed by atoms with Crippen molar-refractivity contribution in [1.82, 2.24) is 40.4 Å². The van der Waals surface area contributed by atoms with Gasteiger partial charge in [0.2, 0.25) is 11.8 Å². The van der Waals surface area contributed by atoms with E-state index in [0.29, 0.717) is 37.9 Å². The number of alkyl carbamates (subject to hydrolysis) is 1. The van der Waals surface area contributed by atoms with Crippen molar-refractivity contribution >= 4 is 67.6 Å². The minimum absolute atomic E-state index is 0.100. The van der Waals surface area contributed by atoms with Crippen LogP contribution in [0.25, 0.3) is 43.6 Å². The molecule has 5 fully saturated rings. The summed E-state index contributed by atoms with van der Waals surface area (Å²) in [5.41, 5.74) is 5.19. The molecule has 11 rings (SSSR count). The van der Waals surface area contributed by atoms with Crippen molar-refractivity contribution in [2.24, 2.45) is 23.7 Å². The maximum atomic E-state index is 14.2. The molecule has 0 spiro atoms. The Kier molecular flexibility index (Phi) is 9.75. The zero-order valence-corrected chi connectivity index (χ0v) is 35.9. The number of ether oxygens (including phenoxy) is 2. The van der Waals surface area contributed by atoms with Gasteiger partial charge in [0.25, 0.3) is 0 Å². The van der Waals surface area contributed by atoms with Gasteiger partial charge >= 0.3 is 12.2 Å². The topological polar surface area (TPSA) is 195 Å². The first-order chi connectivity index (χ1) is 31.0. The van der Waals surface area contributed by atoms with Gasteiger partial charge in [0.05, 0.1) is 41.3 Å². The molecular weight excluding hydrogens is 813 g/mol. The predicted octanol–water partition coefficient (Wildman–Crippen LogP) is 6.91. The summed E-state index contributed by atoms with van der Waals surface area (Å²) < 4.78 is 10.3. The molecule has 2 aromatic heterocycles. The highest BCUT2D eigenvalue weighted by Gasteiger charge is 2.57. The lowest BCUT2D eigenvalue weighted by atomic mass is 9.90. The van der Waals surface area contributed by atoms with Gasteiger partial charge in [0, 0.05) is 47.2 Å². The lowest BCUT2D eigenvalue weighted by molar-refractivity contribution is -0.138. The van der Waals surface area contributed by atoms with Gasteiger partial charge in [-0.3, -0.25) is 9.59 Å². The SMILES string of the molecule is COC(=O)N[C@H](C(=O)N1[C@@H]2C[C@H]2C[C@H]1c1nc2ccc3cc(C#Cc4ccc5c(ccc6nc([C@@H]7C[C@H]8C[C@H]8N7C(=O)[C@@H](NC(=O)O)C7CCOCC7)[nH]c65)c4)ccc3c2[nH]1)C(C)C. The van der Waals surface area contributed by atoms with E-state index in [9.17, 15) is 24.3 Å². The van der Waals surface area contributed by atoms with Crippen LogP contribution in [0.15, 0.2) is 60.7 Å². The van der Waals surface area contributed by atoms with Crippen LogP contribution in [0.1, 0.15) is 87.2 Å². The fraction of sp³-hybridized carbons (Fsp3) is 0.429. The molecule has 0 radical (unpaired) electrons. The Bertz CT molecular complexity index is 2960. The number of hydrogen-bond donors (Lipinski definition) is 5. The number of hydrogen-bond acceptors (Lipinski definition) is 8. The number of carboxylic acid groups (broad SMARTS) is 1. The Morgan fingerprint density at radius 1 is 0.750 bits per heavy atom. The summed E-state index contributed by atoms with van der Waals surface area (Å²) in [4.78, 5) is 73.1. The number of piperidine rings is 2. The molecule has 6 aromatic rings. The summed E-state index contributed by atoms with van der Waals surface area (Å²) in [6.45, 7) is 4.88. The van der Waals surface area contributed by atoms with Gasteiger partial charge in [-0.15, -0.1) is 0 Å². The van der Waals surface area contributed by atoms with Gasteiger partial charge in [0.1, 0.15) is 23.7 Å². The molecule has 4 aromatic carbocycles. The fourth-order valence-electron chi connectivity index (χ4n) is 10.9. The number of benzene rings is 4. The van der Waals surface area contributed by atoms with E-state index in [0.717, 1.165) is 92.1 Å². The highest BCUT2D eigenvalue weighted by molar-refractivity contribution is 6.06. The molecule has 5 N–H and O–H groups in total. The number of imidazole rings is 2. The number of aromatic amines is 2. The standard InChI is InChI=1S/C49H50N8O7/c1-24(2)40(55-49(62)63-3)46(58)56-36-20-30(36)22-38(56)44-50-34-12-8-28-18-25(6-10-32(28)42(34)52-44)4-5-26-7-11-33-29(19-26)9-13-35-43(33)53-45(51-35)39-23-31-21-37(31)57(39)47(59)41(54-48(60)61)27-14-16-64-17-15-27/h6-13,18-19,24,27,30-31,36-41,54H,14-17,20-23H2,1-3H3,(H,50,52)(H,51,53)(H,55,62)(H,60,61)/t30-,31+,36+,37+,38-,39-,40-,41-/m0/s1. The van der Waals surface area contributed by atoms with Crippen molar-refractivity contribution in [2.45, 2.75) is 88.6 Å². The molecule has 3 saturated heterocycles. The van der Waals surface area contributed by atoms with Gasteiger partial charge < -0.3 is 45.0 Å². The first-order valence-electron chi connectivity index (χ1n) is 22.5. The van der Waals surface area contributed by atoms with Gasteiger partial charge in [-0.05, 0) is 109 Å². The molecule has 5 aliphatic rings. The normalized spacial score (nSPS) is 24.6. The number of fused-ring (bicyclic) bond motifs is 8. The van der Waals surface area contributed by atoms with Crippen LogP contribution in [0.2, 0.25) is 0 Å². The minimum atomic E-state index is -1.19. The zero-order chi connectivity index (χ0) is 44.0. The third-order valence-corrected chi connectivity index (χ3v) is 14.4. The van der Waals surface area contributed by atoms with E-state index in [4.69, 9.17) is 19.4 Å². The molecule has 3 aliphatic heterocycles. The number of carbonyl (C=O) groups is 4. The van der Waals surface area contributed by atoms with Crippen molar-refractivity contribution < 1.29 is 33.8 Å². The van der Waals surface area contributed by atoms with E-state index in [2.05, 4.69) is 62.8 Å². The number of nitrogens with zero attached hydrogens (tertiary/aromatic N) is 4. The number of rotatable bonds is 8. The third kappa shape index (κ3) is 7.04. The number of carbonyl (C=O) groups excluding carboxylic acids is 3. The van der Waals surface area contributed by atoms with E-state index in [1.165, 1.54) is 7.11 Å². The second-order valence-corrected chi connectivity index (χ2v) is 18.6. The first-order valence-corrected chi connectivity index (χ1v) is 22.5. The molecule has 8 atom stereocenters. The number of nitrogens with one attached hydrogen (secondary N) is 4. The fourth-order valence-corrected chi connectivity index (χ4v) is 10.9. The highest BCUT2D eigenvalue weighted by atomic mass is 16.5. The van der Waals surface area contributed by atoms with Crippen molar-refractivity contribution in [1.29, 1.82) is 0 Å². The third-order valence-electron chi connectivity index (χ3n) is 14.4. The Morgan fingerprint density at radius 3 is 1.78 bits per heavy atom. The number of aromatic nitrogens is 4. The van der Waals surface area contributed by atoms with Gasteiger partial charge in [-0.25, -0.2) is 19.6 Å². The van der Waals surface area contributed by atoms with Crippen LogP contribution >= 0.6 is 0 Å². The molecular formula is C49H50N8O7. The van der Waals surface area contributed by atoms with Crippen LogP contribution in [0.3, 0.4) is 0 Å². The second kappa shape index (κ2) is 15.5. The van der Waals surface area contributed by atoms with E-state index >= 15 is 0 Å². The summed E-state index contributed by atoms with van der Waals surface area (Å²) in [5, 5.41) is 19.0. The van der Waals surface area contributed by atoms with Gasteiger partial charge in [0.15, 0.2) is 0 Å². The van der Waals surface area contributed by atoms with E-state index in [1.54, 1.807) is 0 Å². The minimum Gasteiger partial charge on any atom is -0.465 e. The maximum Gasteiger partial charge on any atom is 0.407 e. The summed E-state index contributed by atoms with van der Waals surface area (Å²) in [5.74, 6) is 8.53. The van der Waals surface area contributed by atoms with Crippen molar-refractivity contribution in [3.8, 4) is 11.8 Å². The van der Waals surface area contributed by atoms with Gasteiger partial charge in [-0.1, -0.05) is 50.0 Å². The second-order valence-electron chi connectivity index (χ2n) is 18.6. The van der Waals surface area contributed by atoms with E-state index in [-0.39, 0.29) is 47.8 Å². The van der Waals surface area contributed by atoms with Crippen LogP contribution in [0.5, 0.6) is 0 Å². The quantitative estimate of drug-likeness (QED) is 0.101. The van der Waals surface area contributed by atoms with Crippen molar-refractivity contribution in [3.63, 3.8) is 0 Å². The molecule has 15 nitrogen and oxygen atoms in total. The molecule has 5 heterocycles. The Morgan fingerprint density at radius 2 is 1.28 bits per heavy atom. The molecule has 0 bridgehead atoms. The molecule has 15 heteroatoms. The molecule has 2 saturated carbocycles. The van der Waals surface area contributed by atoms with E-state index in [1.807, 2.05) is 54.0 Å². The zero-order valence-electron chi connectivity index (χ0n) is 35.9. The lowest BCUT2D eigenvalue weighted by Gasteiger charge is -2.35. The van der Waals surface area contributed by atoms with Crippen LogP contribution in [0.4, 0.5) is 9.59 Å². The maximum absolute atomic E-state index is 14.2. The van der Waals surface area contributed by atoms with Gasteiger partial charge in [-0.2, -0.15) is 0 Å². The summed E-state index contributed by atoms with van der Waals surface area (Å²) >= 11 is 0. The molecule has 64 heavy (non-hydrogen) atoms. The highest BCUT2D eigenvalue weighted by Crippen LogP contribution is 2.55. The average Bonchev–Trinajstić information content (AvgIpc) is 3.94. The molecule has 4 amide bonds. The number of amides is 4. The average molecular weight is 863 g/mol. The lowest BCUT2D eigenvalue weighted by Crippen LogP contribution is -2.53. The molecule has 2 aliphatic carbocycles. The summed E-state index contributed by atoms with van der Waals surface area (Å²) in [6, 6.07) is 18.7. The Balaban J connectivity index is 0.826. The number of H-pyrrole nitrogens is 2. The Labute approximate surface area is 368 Å². The number of methoxy groups -OCH3 is 1. The summed E-state index contributed by atoms with van der Waals surface area (Å²) in [7, 11) is 1.30. The smallest absolute Gasteiger partial charge is 0.407 e. The monoisotopic (exact) mass is 862 g/mol. The predicted molar refractivity (Wildman–Crippen MR) is 238 cm³/mol. The summed E-state index contributed by atoms with van der Waals surface area (Å²) in [6.07, 6.45) is 2.99. The number of likely N-dealkylation sites (tertiary alicyclic amines) is 2. The molecule has 328 valence electrons. The van der Waals surface area contributed by atoms with Crippen LogP contribution in [0, 0.1) is 35.5 Å². The van der Waals surface area contributed by atoms with Crippen molar-refractivity contribution in [3.05, 3.63) is 83.4 Å². The Hall–Kier alpha value is -6.66. The van der Waals surface area contributed by atoms with E-state index < -0.39 is 24.3 Å². The van der Waals surface area contributed by atoms with Crippen LogP contribution < -0.4 is 10.6 Å². The molecule has 0 unspecified atom stereocenters. The van der Waals surface area contributed by atoms with Crippen LogP contribution in [-0.2, 0) is 19.1 Å². The largest absolute Gasteiger partial charge is 0.465 e. The van der Waals surface area contributed by atoms with Crippen molar-refractivity contribution in [2.75, 3.05) is 20.3 Å². The van der Waals surface area contributed by atoms with Crippen LogP contribution in [-0.4, -0.2) is 103 Å².